The van der Waals surface area contributed by atoms with Gasteiger partial charge < -0.3 is 10.3 Å². The number of amides is 1. The van der Waals surface area contributed by atoms with Crippen LogP contribution in [-0.4, -0.2) is 36.0 Å². The molecule has 5 heterocycles. The molecule has 37 heavy (non-hydrogen) atoms. The van der Waals surface area contributed by atoms with Crippen LogP contribution in [0, 0.1) is 5.92 Å². The van der Waals surface area contributed by atoms with Gasteiger partial charge in [-0.3, -0.25) is 19.9 Å². The smallest absolute Gasteiger partial charge is 0.227 e. The van der Waals surface area contributed by atoms with Crippen LogP contribution < -0.4 is 5.32 Å². The summed E-state index contributed by atoms with van der Waals surface area (Å²) in [4.78, 5) is 29.9. The Bertz CT molecular complexity index is 1750. The molecular formula is C28H23N7OS. The fraction of sp³-hybridized carbons (Fsp3) is 0.179. The van der Waals surface area contributed by atoms with Crippen molar-refractivity contribution in [2.75, 3.05) is 5.32 Å². The van der Waals surface area contributed by atoms with E-state index in [1.807, 2.05) is 35.8 Å². The van der Waals surface area contributed by atoms with Gasteiger partial charge >= 0.3 is 0 Å². The van der Waals surface area contributed by atoms with Crippen molar-refractivity contribution in [2.45, 2.75) is 25.7 Å². The molecule has 1 fully saturated rings. The molecule has 1 aliphatic carbocycles. The van der Waals surface area contributed by atoms with Crippen LogP contribution in [0.4, 0.5) is 5.69 Å². The molecule has 0 bridgehead atoms. The molecule has 0 spiro atoms. The predicted molar refractivity (Wildman–Crippen MR) is 146 cm³/mol. The summed E-state index contributed by atoms with van der Waals surface area (Å²) in [5.74, 6) is 0.872. The first-order valence-corrected chi connectivity index (χ1v) is 13.3. The molecule has 0 atom stereocenters. The Morgan fingerprint density at radius 1 is 0.973 bits per heavy atom. The summed E-state index contributed by atoms with van der Waals surface area (Å²) in [6, 6.07) is 12.1. The van der Waals surface area contributed by atoms with Crippen LogP contribution in [0.3, 0.4) is 0 Å². The van der Waals surface area contributed by atoms with Crippen LogP contribution in [0.2, 0.25) is 0 Å². The largest absolute Gasteiger partial charge is 0.336 e. The lowest BCUT2D eigenvalue weighted by atomic mass is 10.0. The molecule has 1 aliphatic rings. The third-order valence-electron chi connectivity index (χ3n) is 7.05. The van der Waals surface area contributed by atoms with Gasteiger partial charge in [-0.1, -0.05) is 18.9 Å². The lowest BCUT2D eigenvalue weighted by Crippen LogP contribution is -2.20. The van der Waals surface area contributed by atoms with E-state index < -0.39 is 0 Å². The van der Waals surface area contributed by atoms with Gasteiger partial charge in [0.2, 0.25) is 5.91 Å². The van der Waals surface area contributed by atoms with E-state index in [9.17, 15) is 4.79 Å². The van der Waals surface area contributed by atoms with Crippen molar-refractivity contribution in [3.63, 3.8) is 0 Å². The second kappa shape index (κ2) is 8.94. The van der Waals surface area contributed by atoms with E-state index in [2.05, 4.69) is 48.0 Å². The van der Waals surface area contributed by atoms with E-state index >= 15 is 0 Å². The molecule has 1 aromatic carbocycles. The molecule has 6 aromatic rings. The standard InChI is InChI=1S/C28H23N7OS/c36-28(16-3-1-2-4-16)31-20-11-19(13-29-14-20)17-5-6-22-21(12-17)25(35-34-22)27-32-23-7-9-30-24(26(23)33-27)18-8-10-37-15-18/h5-16H,1-4H2,(H,31,36)(H,32,33)(H,34,35). The summed E-state index contributed by atoms with van der Waals surface area (Å²) in [5, 5.41) is 15.8. The first-order chi connectivity index (χ1) is 18.2. The maximum atomic E-state index is 12.6. The molecule has 0 unspecified atom stereocenters. The van der Waals surface area contributed by atoms with Crippen molar-refractivity contribution in [2.24, 2.45) is 5.92 Å². The molecule has 3 N–H and O–H groups in total. The minimum absolute atomic E-state index is 0.0882. The molecule has 0 saturated heterocycles. The molecule has 1 amide bonds. The highest BCUT2D eigenvalue weighted by Crippen LogP contribution is 2.33. The Morgan fingerprint density at radius 3 is 2.76 bits per heavy atom. The molecule has 0 aliphatic heterocycles. The van der Waals surface area contributed by atoms with Gasteiger partial charge in [0.25, 0.3) is 0 Å². The number of carbonyl (C=O) groups is 1. The Balaban J connectivity index is 1.25. The van der Waals surface area contributed by atoms with Gasteiger partial charge in [-0.15, -0.1) is 0 Å². The number of carbonyl (C=O) groups excluding carboxylic acids is 1. The van der Waals surface area contributed by atoms with E-state index in [1.165, 1.54) is 0 Å². The van der Waals surface area contributed by atoms with Crippen molar-refractivity contribution >= 4 is 44.9 Å². The maximum Gasteiger partial charge on any atom is 0.227 e. The molecule has 8 nitrogen and oxygen atoms in total. The maximum absolute atomic E-state index is 12.6. The molecule has 0 radical (unpaired) electrons. The first kappa shape index (κ1) is 21.9. The van der Waals surface area contributed by atoms with Crippen LogP contribution in [-0.2, 0) is 4.79 Å². The SMILES string of the molecule is O=C(Nc1cncc(-c2ccc3[nH]nc(-c4nc5c(-c6ccsc6)nccc5[nH]4)c3c2)c1)C1CCCC1. The summed E-state index contributed by atoms with van der Waals surface area (Å²) in [7, 11) is 0. The number of nitrogens with one attached hydrogen (secondary N) is 3. The Hall–Kier alpha value is -4.37. The normalized spacial score (nSPS) is 14.1. The summed E-state index contributed by atoms with van der Waals surface area (Å²) in [6.45, 7) is 0. The zero-order valence-corrected chi connectivity index (χ0v) is 20.7. The summed E-state index contributed by atoms with van der Waals surface area (Å²) < 4.78 is 0. The highest BCUT2D eigenvalue weighted by atomic mass is 32.1. The number of rotatable bonds is 5. The fourth-order valence-electron chi connectivity index (χ4n) is 5.13. The molecule has 1 saturated carbocycles. The third-order valence-corrected chi connectivity index (χ3v) is 7.73. The van der Waals surface area contributed by atoms with Crippen molar-refractivity contribution in [1.29, 1.82) is 0 Å². The molecule has 7 rings (SSSR count). The Morgan fingerprint density at radius 2 is 1.89 bits per heavy atom. The molecular weight excluding hydrogens is 482 g/mol. The number of benzene rings is 1. The topological polar surface area (TPSA) is 112 Å². The summed E-state index contributed by atoms with van der Waals surface area (Å²) >= 11 is 1.64. The number of H-pyrrole nitrogens is 2. The number of nitrogens with zero attached hydrogens (tertiary/aromatic N) is 4. The highest BCUT2D eigenvalue weighted by Gasteiger charge is 2.23. The number of aromatic nitrogens is 6. The van der Waals surface area contributed by atoms with Gasteiger partial charge in [-0.05, 0) is 54.1 Å². The van der Waals surface area contributed by atoms with Crippen molar-refractivity contribution in [3.05, 3.63) is 65.7 Å². The summed E-state index contributed by atoms with van der Waals surface area (Å²) in [6.07, 6.45) is 9.49. The minimum Gasteiger partial charge on any atom is -0.336 e. The van der Waals surface area contributed by atoms with Gasteiger partial charge in [0.1, 0.15) is 11.2 Å². The second-order valence-corrected chi connectivity index (χ2v) is 10.2. The van der Waals surface area contributed by atoms with Crippen LogP contribution in [0.15, 0.2) is 65.7 Å². The number of thiophene rings is 1. The number of fused-ring (bicyclic) bond motifs is 2. The predicted octanol–water partition coefficient (Wildman–Crippen LogP) is 6.42. The van der Waals surface area contributed by atoms with Gasteiger partial charge in [0.05, 0.1) is 28.6 Å². The summed E-state index contributed by atoms with van der Waals surface area (Å²) in [5.41, 5.74) is 7.90. The third kappa shape index (κ3) is 3.97. The Labute approximate surface area is 216 Å². The number of aromatic amines is 2. The monoisotopic (exact) mass is 505 g/mol. The van der Waals surface area contributed by atoms with Crippen LogP contribution >= 0.6 is 11.3 Å². The number of hydrogen-bond acceptors (Lipinski definition) is 6. The fourth-order valence-corrected chi connectivity index (χ4v) is 5.77. The van der Waals surface area contributed by atoms with Crippen LogP contribution in [0.25, 0.3) is 55.8 Å². The van der Waals surface area contributed by atoms with Crippen molar-refractivity contribution < 1.29 is 4.79 Å². The Kier molecular flexibility index (Phi) is 5.28. The average molecular weight is 506 g/mol. The van der Waals surface area contributed by atoms with E-state index in [4.69, 9.17) is 4.98 Å². The van der Waals surface area contributed by atoms with Crippen molar-refractivity contribution in [1.82, 2.24) is 30.1 Å². The lowest BCUT2D eigenvalue weighted by Gasteiger charge is -2.11. The average Bonchev–Trinajstić information content (AvgIpc) is 3.74. The molecule has 182 valence electrons. The molecule has 5 aromatic heterocycles. The number of pyridine rings is 2. The number of anilines is 1. The van der Waals surface area contributed by atoms with E-state index in [0.717, 1.165) is 75.7 Å². The number of imidazole rings is 1. The zero-order valence-electron chi connectivity index (χ0n) is 19.9. The molecule has 9 heteroatoms. The van der Waals surface area contributed by atoms with E-state index in [0.29, 0.717) is 11.5 Å². The minimum atomic E-state index is 0.0882. The van der Waals surface area contributed by atoms with E-state index in [-0.39, 0.29) is 11.8 Å². The van der Waals surface area contributed by atoms with Crippen LogP contribution in [0.1, 0.15) is 25.7 Å². The lowest BCUT2D eigenvalue weighted by molar-refractivity contribution is -0.119. The number of hydrogen-bond donors (Lipinski definition) is 3. The highest BCUT2D eigenvalue weighted by molar-refractivity contribution is 7.08. The van der Waals surface area contributed by atoms with Gasteiger partial charge in [0.15, 0.2) is 5.82 Å². The van der Waals surface area contributed by atoms with E-state index in [1.54, 1.807) is 23.7 Å². The van der Waals surface area contributed by atoms with Gasteiger partial charge in [0, 0.05) is 40.2 Å². The zero-order chi connectivity index (χ0) is 24.8. The van der Waals surface area contributed by atoms with Crippen molar-refractivity contribution in [3.8, 4) is 33.9 Å². The van der Waals surface area contributed by atoms with Crippen LogP contribution in [0.5, 0.6) is 0 Å². The quantitative estimate of drug-likeness (QED) is 0.250. The second-order valence-electron chi connectivity index (χ2n) is 9.42. The first-order valence-electron chi connectivity index (χ1n) is 12.3. The van der Waals surface area contributed by atoms with Gasteiger partial charge in [-0.2, -0.15) is 16.4 Å². The van der Waals surface area contributed by atoms with Gasteiger partial charge in [-0.25, -0.2) is 4.98 Å².